The normalized spacial score (nSPS) is 20.9. The fraction of sp³-hybridized carbons (Fsp3) is 0.526. The van der Waals surface area contributed by atoms with Crippen molar-refractivity contribution in [3.8, 4) is 5.75 Å². The summed E-state index contributed by atoms with van der Waals surface area (Å²) >= 11 is 0. The van der Waals surface area contributed by atoms with Crippen molar-refractivity contribution >= 4 is 22.0 Å². The van der Waals surface area contributed by atoms with Crippen molar-refractivity contribution in [1.29, 1.82) is 0 Å². The first-order valence-corrected chi connectivity index (χ1v) is 10.3. The van der Waals surface area contributed by atoms with Crippen molar-refractivity contribution in [3.63, 3.8) is 0 Å². The number of benzene rings is 1. The van der Waals surface area contributed by atoms with Gasteiger partial charge in [0.1, 0.15) is 10.6 Å². The number of ether oxygens (including phenoxy) is 1. The quantitative estimate of drug-likeness (QED) is 0.770. The minimum Gasteiger partial charge on any atom is -0.495 e. The second-order valence-electron chi connectivity index (χ2n) is 6.81. The lowest BCUT2D eigenvalue weighted by atomic mass is 9.87. The van der Waals surface area contributed by atoms with Gasteiger partial charge in [-0.1, -0.05) is 13.0 Å². The highest BCUT2D eigenvalue weighted by Crippen LogP contribution is 2.27. The van der Waals surface area contributed by atoms with Crippen molar-refractivity contribution in [2.24, 2.45) is 5.92 Å². The second kappa shape index (κ2) is 8.68. The molecule has 1 fully saturated rings. The van der Waals surface area contributed by atoms with Crippen LogP contribution in [0.5, 0.6) is 5.75 Å². The Hall–Kier alpha value is -1.86. The van der Waals surface area contributed by atoms with Gasteiger partial charge in [-0.05, 0) is 62.4 Å². The Kier molecular flexibility index (Phi) is 6.83. The molecular weight excluding hydrogens is 352 g/mol. The first-order valence-electron chi connectivity index (χ1n) is 8.85. The van der Waals surface area contributed by atoms with E-state index in [-0.39, 0.29) is 22.6 Å². The molecule has 26 heavy (non-hydrogen) atoms. The number of carbonyl (C=O) groups is 1. The number of hydrogen-bond donors (Lipinski definition) is 1. The highest BCUT2D eigenvalue weighted by molar-refractivity contribution is 7.89. The summed E-state index contributed by atoms with van der Waals surface area (Å²) in [7, 11) is 0.954. The predicted octanol–water partition coefficient (Wildman–Crippen LogP) is 2.65. The number of carbonyl (C=O) groups excluding carboxylic acids is 1. The number of nitrogens with one attached hydrogen (secondary N) is 1. The Bertz CT molecular complexity index is 766. The van der Waals surface area contributed by atoms with Gasteiger partial charge in [0.15, 0.2) is 0 Å². The summed E-state index contributed by atoms with van der Waals surface area (Å²) in [5, 5.41) is 0. The summed E-state index contributed by atoms with van der Waals surface area (Å²) in [5.74, 6) is 0.923. The van der Waals surface area contributed by atoms with E-state index in [2.05, 4.69) is 11.6 Å². The van der Waals surface area contributed by atoms with Crippen LogP contribution in [0.25, 0.3) is 6.08 Å². The Labute approximate surface area is 156 Å². The molecule has 0 saturated heterocycles. The topological polar surface area (TPSA) is 75.7 Å². The molecular formula is C19H28N2O4S. The molecule has 0 spiro atoms. The summed E-state index contributed by atoms with van der Waals surface area (Å²) < 4.78 is 31.6. The van der Waals surface area contributed by atoms with Crippen LogP contribution in [0, 0.1) is 5.92 Å². The molecule has 6 nitrogen and oxygen atoms in total. The molecule has 1 amide bonds. The number of amides is 1. The van der Waals surface area contributed by atoms with Gasteiger partial charge < -0.3 is 9.64 Å². The summed E-state index contributed by atoms with van der Waals surface area (Å²) in [6.07, 6.45) is 7.49. The lowest BCUT2D eigenvalue weighted by Gasteiger charge is -2.33. The van der Waals surface area contributed by atoms with Gasteiger partial charge in [-0.25, -0.2) is 13.1 Å². The van der Waals surface area contributed by atoms with Gasteiger partial charge in [0.05, 0.1) is 7.11 Å². The molecule has 1 saturated carbocycles. The number of nitrogens with zero attached hydrogens (tertiary/aromatic N) is 1. The van der Waals surface area contributed by atoms with Crippen molar-refractivity contribution in [2.45, 2.75) is 43.5 Å². The zero-order valence-electron chi connectivity index (χ0n) is 15.9. The van der Waals surface area contributed by atoms with E-state index in [1.165, 1.54) is 26.3 Å². The maximum atomic E-state index is 12.4. The molecule has 144 valence electrons. The second-order valence-corrected chi connectivity index (χ2v) is 8.67. The van der Waals surface area contributed by atoms with Crippen molar-refractivity contribution in [2.75, 3.05) is 21.2 Å². The first-order chi connectivity index (χ1) is 12.3. The molecule has 0 aromatic heterocycles. The highest BCUT2D eigenvalue weighted by atomic mass is 32.2. The Morgan fingerprint density at radius 3 is 2.50 bits per heavy atom. The number of hydrogen-bond acceptors (Lipinski definition) is 4. The molecule has 1 aromatic rings. The monoisotopic (exact) mass is 380 g/mol. The third kappa shape index (κ3) is 4.86. The molecule has 0 heterocycles. The van der Waals surface area contributed by atoms with Crippen LogP contribution in [-0.4, -0.2) is 46.5 Å². The maximum Gasteiger partial charge on any atom is 0.246 e. The third-order valence-corrected chi connectivity index (χ3v) is 6.48. The molecule has 0 aliphatic heterocycles. The zero-order chi connectivity index (χ0) is 19.3. The lowest BCUT2D eigenvalue weighted by molar-refractivity contribution is -0.127. The molecule has 7 heteroatoms. The number of sulfonamides is 1. The van der Waals surface area contributed by atoms with Gasteiger partial charge in [0.25, 0.3) is 0 Å². The van der Waals surface area contributed by atoms with Crippen LogP contribution in [0.1, 0.15) is 38.2 Å². The summed E-state index contributed by atoms with van der Waals surface area (Å²) in [4.78, 5) is 14.3. The van der Waals surface area contributed by atoms with E-state index in [0.717, 1.165) is 31.6 Å². The Morgan fingerprint density at radius 2 is 1.92 bits per heavy atom. The maximum absolute atomic E-state index is 12.4. The van der Waals surface area contributed by atoms with E-state index < -0.39 is 10.0 Å². The fourth-order valence-electron chi connectivity index (χ4n) is 3.21. The third-order valence-electron chi connectivity index (χ3n) is 5.05. The molecule has 0 radical (unpaired) electrons. The number of likely N-dealkylation sites (N-methyl/N-ethyl adjacent to an activating group) is 1. The van der Waals surface area contributed by atoms with Crippen molar-refractivity contribution < 1.29 is 17.9 Å². The molecule has 1 aliphatic rings. The minimum absolute atomic E-state index is 0.0479. The van der Waals surface area contributed by atoms with Gasteiger partial charge >= 0.3 is 0 Å². The van der Waals surface area contributed by atoms with Crippen LogP contribution in [0.3, 0.4) is 0 Å². The van der Waals surface area contributed by atoms with Crippen molar-refractivity contribution in [3.05, 3.63) is 29.8 Å². The lowest BCUT2D eigenvalue weighted by Crippen LogP contribution is -2.38. The largest absolute Gasteiger partial charge is 0.495 e. The van der Waals surface area contributed by atoms with E-state index in [0.29, 0.717) is 5.56 Å². The van der Waals surface area contributed by atoms with E-state index >= 15 is 0 Å². The zero-order valence-corrected chi connectivity index (χ0v) is 16.7. The number of rotatable bonds is 6. The SMILES string of the molecule is CNS(=O)(=O)c1cc(/C=C/C(=O)N(C)C2CCC(C)CC2)ccc1OC. The van der Waals surface area contributed by atoms with Gasteiger partial charge in [-0.15, -0.1) is 0 Å². The van der Waals surface area contributed by atoms with Crippen molar-refractivity contribution in [1.82, 2.24) is 9.62 Å². The highest BCUT2D eigenvalue weighted by Gasteiger charge is 2.23. The molecule has 0 atom stereocenters. The predicted molar refractivity (Wildman–Crippen MR) is 102 cm³/mol. The molecule has 0 bridgehead atoms. The van der Waals surface area contributed by atoms with Crippen LogP contribution in [-0.2, 0) is 14.8 Å². The Morgan fingerprint density at radius 1 is 1.27 bits per heavy atom. The van der Waals surface area contributed by atoms with Crippen LogP contribution in [0.2, 0.25) is 0 Å². The van der Waals surface area contributed by atoms with Crippen LogP contribution in [0.15, 0.2) is 29.2 Å². The van der Waals surface area contributed by atoms with Crippen LogP contribution in [0.4, 0.5) is 0 Å². The molecule has 1 aromatic carbocycles. The van der Waals surface area contributed by atoms with Crippen LogP contribution < -0.4 is 9.46 Å². The minimum atomic E-state index is -3.64. The first kappa shape index (κ1) is 20.5. The number of methoxy groups -OCH3 is 1. The molecule has 2 rings (SSSR count). The smallest absolute Gasteiger partial charge is 0.246 e. The van der Waals surface area contributed by atoms with E-state index in [9.17, 15) is 13.2 Å². The van der Waals surface area contributed by atoms with E-state index in [1.807, 2.05) is 7.05 Å². The summed E-state index contributed by atoms with van der Waals surface area (Å²) in [6, 6.07) is 5.08. The van der Waals surface area contributed by atoms with Gasteiger partial charge in [-0.2, -0.15) is 0 Å². The average molecular weight is 381 g/mol. The van der Waals surface area contributed by atoms with Gasteiger partial charge in [0.2, 0.25) is 15.9 Å². The molecule has 1 N–H and O–H groups in total. The summed E-state index contributed by atoms with van der Waals surface area (Å²) in [5.41, 5.74) is 0.624. The van der Waals surface area contributed by atoms with E-state index in [4.69, 9.17) is 4.74 Å². The van der Waals surface area contributed by atoms with Gasteiger partial charge in [0, 0.05) is 19.2 Å². The van der Waals surface area contributed by atoms with Crippen LogP contribution >= 0.6 is 0 Å². The standard InChI is InChI=1S/C19H28N2O4S/c1-14-5-9-16(10-6-14)21(3)19(22)12-8-15-7-11-17(25-4)18(13-15)26(23,24)20-2/h7-8,11-14,16,20H,5-6,9-10H2,1-4H3/b12-8+. The Balaban J connectivity index is 2.14. The average Bonchev–Trinajstić information content (AvgIpc) is 2.65. The van der Waals surface area contributed by atoms with E-state index in [1.54, 1.807) is 23.1 Å². The van der Waals surface area contributed by atoms with Gasteiger partial charge in [-0.3, -0.25) is 4.79 Å². The molecule has 1 aliphatic carbocycles. The summed E-state index contributed by atoms with van der Waals surface area (Å²) in [6.45, 7) is 2.25. The molecule has 0 unspecified atom stereocenters. The fourth-order valence-corrected chi connectivity index (χ4v) is 4.14.